The van der Waals surface area contributed by atoms with Crippen LogP contribution in [0.25, 0.3) is 0 Å². The van der Waals surface area contributed by atoms with Crippen molar-refractivity contribution in [3.05, 3.63) is 60.8 Å². The molecule has 0 aromatic carbocycles. The number of nitrogens with one attached hydrogen (secondary N) is 1. The number of rotatable bonds is 52. The molecule has 0 heterocycles. The number of hydrogen-bond acceptors (Lipinski definition) is 6. The maximum Gasteiger partial charge on any atom is 0.268 e. The molecule has 3 unspecified atom stereocenters. The largest absolute Gasteiger partial charge is 0.756 e. The Bertz CT molecular complexity index is 1290. The third-order valence-corrected chi connectivity index (χ3v) is 13.7. The van der Waals surface area contributed by atoms with E-state index in [1.165, 1.54) is 186 Å². The molecule has 0 aliphatic heterocycles. The van der Waals surface area contributed by atoms with E-state index < -0.39 is 26.6 Å². The summed E-state index contributed by atoms with van der Waals surface area (Å²) in [5.74, 6) is -0.214. The van der Waals surface area contributed by atoms with Gasteiger partial charge in [0, 0.05) is 6.42 Å². The molecular weight excluding hydrogens is 864 g/mol. The average molecular weight is 976 g/mol. The van der Waals surface area contributed by atoms with Crippen molar-refractivity contribution >= 4 is 13.7 Å². The number of quaternary nitrogens is 1. The van der Waals surface area contributed by atoms with Crippen LogP contribution in [-0.4, -0.2) is 68.5 Å². The quantitative estimate of drug-likeness (QED) is 0.0272. The number of hydrogen-bond donors (Lipinski definition) is 2. The predicted molar refractivity (Wildman–Crippen MR) is 293 cm³/mol. The molecule has 0 aliphatic carbocycles. The van der Waals surface area contributed by atoms with E-state index in [2.05, 4.69) is 54.8 Å². The van der Waals surface area contributed by atoms with Crippen molar-refractivity contribution in [3.8, 4) is 0 Å². The highest BCUT2D eigenvalue weighted by atomic mass is 31.2. The topological polar surface area (TPSA) is 108 Å². The number of carbonyl (C=O) groups is 1. The van der Waals surface area contributed by atoms with Crippen molar-refractivity contribution in [2.45, 2.75) is 270 Å². The van der Waals surface area contributed by atoms with Crippen LogP contribution < -0.4 is 10.2 Å². The van der Waals surface area contributed by atoms with E-state index in [9.17, 15) is 19.4 Å². The Balaban J connectivity index is 3.87. The number of likely N-dealkylation sites (N-methyl/N-ethyl adjacent to an activating group) is 1. The summed E-state index contributed by atoms with van der Waals surface area (Å²) in [6.07, 6.45) is 67.9. The molecule has 0 bridgehead atoms. The fourth-order valence-electron chi connectivity index (χ4n) is 8.28. The first kappa shape index (κ1) is 66.2. The van der Waals surface area contributed by atoms with Crippen LogP contribution in [0.3, 0.4) is 0 Å². The maximum absolute atomic E-state index is 12.9. The van der Waals surface area contributed by atoms with Gasteiger partial charge in [-0.15, -0.1) is 0 Å². The molecule has 8 nitrogen and oxygen atoms in total. The Morgan fingerprint density at radius 3 is 1.35 bits per heavy atom. The summed E-state index contributed by atoms with van der Waals surface area (Å²) in [5.41, 5.74) is 0. The van der Waals surface area contributed by atoms with Gasteiger partial charge in [-0.05, 0) is 71.1 Å². The first-order chi connectivity index (χ1) is 33.0. The van der Waals surface area contributed by atoms with Gasteiger partial charge in [-0.1, -0.05) is 241 Å². The number of carbonyl (C=O) groups excluding carboxylic acids is 1. The summed E-state index contributed by atoms with van der Waals surface area (Å²) in [7, 11) is 1.23. The Morgan fingerprint density at radius 2 is 0.926 bits per heavy atom. The zero-order chi connectivity index (χ0) is 49.9. The standard InChI is InChI=1S/C59H111N2O6P/c1-6-8-10-12-14-16-17-18-19-20-21-22-23-24-25-26-27-28-29-30-31-32-33-34-35-36-37-38-39-40-41-42-43-45-47-49-51-53-59(63)60-57(56-67-68(64,65)66-55-54-61(3,4)5)58(62)52-50-48-46-44-15-13-11-9-7-2/h7,9,15,25-26,28-29,44,50,52,57-58,62H,6,8,10-14,16-24,27,30-43,45-49,51,53-56H2,1-5H3,(H-,60,63,64,65)/b9-7+,26-25-,29-28-,44-15+,52-50+. The highest BCUT2D eigenvalue weighted by Crippen LogP contribution is 2.38. The van der Waals surface area contributed by atoms with Crippen LogP contribution in [0.1, 0.15) is 258 Å². The molecule has 0 aromatic heterocycles. The molecule has 0 saturated carbocycles. The Morgan fingerprint density at radius 1 is 0.544 bits per heavy atom. The van der Waals surface area contributed by atoms with Crippen LogP contribution in [0.5, 0.6) is 0 Å². The third-order valence-electron chi connectivity index (χ3n) is 12.8. The number of allylic oxidation sites excluding steroid dienone is 9. The maximum atomic E-state index is 12.9. The van der Waals surface area contributed by atoms with Crippen molar-refractivity contribution in [3.63, 3.8) is 0 Å². The van der Waals surface area contributed by atoms with Crippen LogP contribution in [0.15, 0.2) is 60.8 Å². The summed E-state index contributed by atoms with van der Waals surface area (Å²) >= 11 is 0. The molecule has 3 atom stereocenters. The van der Waals surface area contributed by atoms with E-state index in [1.54, 1.807) is 6.08 Å². The first-order valence-electron chi connectivity index (χ1n) is 28.6. The van der Waals surface area contributed by atoms with Gasteiger partial charge in [0.25, 0.3) is 7.82 Å². The van der Waals surface area contributed by atoms with Gasteiger partial charge in [0.1, 0.15) is 13.2 Å². The average Bonchev–Trinajstić information content (AvgIpc) is 3.30. The Kier molecular flexibility index (Phi) is 48.8. The lowest BCUT2D eigenvalue weighted by Crippen LogP contribution is -2.45. The van der Waals surface area contributed by atoms with E-state index in [4.69, 9.17) is 9.05 Å². The molecule has 1 amide bonds. The monoisotopic (exact) mass is 975 g/mol. The summed E-state index contributed by atoms with van der Waals surface area (Å²) < 4.78 is 23.2. The third kappa shape index (κ3) is 52.0. The van der Waals surface area contributed by atoms with Gasteiger partial charge in [-0.25, -0.2) is 0 Å². The van der Waals surface area contributed by atoms with Gasteiger partial charge in [-0.3, -0.25) is 9.36 Å². The van der Waals surface area contributed by atoms with E-state index >= 15 is 0 Å². The SMILES string of the molecule is C/C=C/CC/C=C/CC/C=C/C(O)C(COP(=O)([O-])OCC[N+](C)(C)C)NC(=O)CCCCCCCCCCCCCCCCCCC/C=C\C/C=C\CCCCCCCCCCCCCCC. The van der Waals surface area contributed by atoms with Gasteiger partial charge >= 0.3 is 0 Å². The van der Waals surface area contributed by atoms with Crippen molar-refractivity contribution in [2.75, 3.05) is 40.9 Å². The number of unbranched alkanes of at least 4 members (excludes halogenated alkanes) is 32. The lowest BCUT2D eigenvalue weighted by atomic mass is 10.0. The van der Waals surface area contributed by atoms with Crippen LogP contribution >= 0.6 is 7.82 Å². The van der Waals surface area contributed by atoms with E-state index in [0.29, 0.717) is 17.4 Å². The van der Waals surface area contributed by atoms with E-state index in [-0.39, 0.29) is 12.5 Å². The number of phosphoric acid groups is 1. The van der Waals surface area contributed by atoms with E-state index in [1.807, 2.05) is 40.2 Å². The zero-order valence-corrected chi connectivity index (χ0v) is 46.2. The lowest BCUT2D eigenvalue weighted by Gasteiger charge is -2.29. The second kappa shape index (κ2) is 50.2. The molecule has 0 rings (SSSR count). The van der Waals surface area contributed by atoms with Gasteiger partial charge in [0.2, 0.25) is 5.91 Å². The first-order valence-corrected chi connectivity index (χ1v) is 30.1. The van der Waals surface area contributed by atoms with Crippen molar-refractivity contribution in [1.82, 2.24) is 5.32 Å². The van der Waals surface area contributed by atoms with Crippen LogP contribution in [0.2, 0.25) is 0 Å². The molecule has 2 N–H and O–H groups in total. The minimum Gasteiger partial charge on any atom is -0.756 e. The predicted octanol–water partition coefficient (Wildman–Crippen LogP) is 16.7. The van der Waals surface area contributed by atoms with E-state index in [0.717, 1.165) is 51.4 Å². The number of aliphatic hydroxyl groups excluding tert-OH is 1. The summed E-state index contributed by atoms with van der Waals surface area (Å²) in [5, 5.41) is 13.7. The molecule has 0 spiro atoms. The molecular formula is C59H111N2O6P. The zero-order valence-electron chi connectivity index (χ0n) is 45.3. The fourth-order valence-corrected chi connectivity index (χ4v) is 9.01. The molecule has 0 aromatic rings. The Labute approximate surface area is 422 Å². The smallest absolute Gasteiger partial charge is 0.268 e. The second-order valence-electron chi connectivity index (χ2n) is 20.6. The molecule has 68 heavy (non-hydrogen) atoms. The normalized spacial score (nSPS) is 14.4. The van der Waals surface area contributed by atoms with Crippen LogP contribution in [0.4, 0.5) is 0 Å². The molecule has 0 aliphatic rings. The van der Waals surface area contributed by atoms with Gasteiger partial charge in [0.15, 0.2) is 0 Å². The number of nitrogens with zero attached hydrogens (tertiary/aromatic N) is 1. The van der Waals surface area contributed by atoms with Crippen LogP contribution in [-0.2, 0) is 18.4 Å². The van der Waals surface area contributed by atoms with Gasteiger partial charge < -0.3 is 28.8 Å². The van der Waals surface area contributed by atoms with Crippen molar-refractivity contribution in [1.29, 1.82) is 0 Å². The Hall–Kier alpha value is -1.80. The van der Waals surface area contributed by atoms with Crippen molar-refractivity contribution in [2.24, 2.45) is 0 Å². The molecule has 0 radical (unpaired) electrons. The highest BCUT2D eigenvalue weighted by Gasteiger charge is 2.23. The number of amides is 1. The summed E-state index contributed by atoms with van der Waals surface area (Å²) in [6.45, 7) is 4.39. The van der Waals surface area contributed by atoms with Gasteiger partial charge in [-0.2, -0.15) is 0 Å². The number of phosphoric ester groups is 1. The lowest BCUT2D eigenvalue weighted by molar-refractivity contribution is -0.870. The molecule has 398 valence electrons. The minimum absolute atomic E-state index is 0.0104. The fraction of sp³-hybridized carbons (Fsp3) is 0.814. The molecule has 0 fully saturated rings. The van der Waals surface area contributed by atoms with Gasteiger partial charge in [0.05, 0.1) is 39.9 Å². The van der Waals surface area contributed by atoms with Crippen LogP contribution in [0, 0.1) is 0 Å². The highest BCUT2D eigenvalue weighted by molar-refractivity contribution is 7.45. The molecule has 9 heteroatoms. The second-order valence-corrected chi connectivity index (χ2v) is 22.0. The summed E-state index contributed by atoms with van der Waals surface area (Å²) in [4.78, 5) is 25.3. The molecule has 0 saturated heterocycles. The summed E-state index contributed by atoms with van der Waals surface area (Å²) in [6, 6.07) is -0.909. The van der Waals surface area contributed by atoms with Crippen molar-refractivity contribution < 1.29 is 32.9 Å². The number of aliphatic hydroxyl groups is 1. The minimum atomic E-state index is -4.60.